The smallest absolute Gasteiger partial charge is 0.265 e. The fraction of sp³-hybridized carbons (Fsp3) is 0.500. The van der Waals surface area contributed by atoms with Crippen molar-refractivity contribution in [3.05, 3.63) is 28.8 Å². The minimum Gasteiger partial charge on any atom is -0.493 e. The van der Waals surface area contributed by atoms with Crippen LogP contribution in [0.25, 0.3) is 0 Å². The first-order valence-corrected chi connectivity index (χ1v) is 9.37. The second kappa shape index (κ2) is 8.35. The van der Waals surface area contributed by atoms with Crippen LogP contribution in [0.2, 0.25) is 0 Å². The molecule has 1 heterocycles. The molecular weight excluding hydrogens is 354 g/mol. The van der Waals surface area contributed by atoms with Crippen LogP contribution in [-0.2, 0) is 0 Å². The number of carbonyl (C=O) groups excluding carboxylic acids is 1. The zero-order valence-corrected chi connectivity index (χ0v) is 16.0. The van der Waals surface area contributed by atoms with Gasteiger partial charge >= 0.3 is 0 Å². The quantitative estimate of drug-likeness (QED) is 0.833. The summed E-state index contributed by atoms with van der Waals surface area (Å²) in [5.74, 6) is 1.86. The van der Waals surface area contributed by atoms with Gasteiger partial charge in [-0.05, 0) is 56.3 Å². The van der Waals surface area contributed by atoms with Gasteiger partial charge in [0.05, 0.1) is 26.0 Å². The van der Waals surface area contributed by atoms with Crippen LogP contribution in [0.15, 0.2) is 18.2 Å². The number of methoxy groups -OCH3 is 2. The molecule has 0 radical (unpaired) electrons. The highest BCUT2D eigenvalue weighted by atomic mass is 32.1. The van der Waals surface area contributed by atoms with E-state index in [9.17, 15) is 4.79 Å². The number of nitrogens with zero attached hydrogens (tertiary/aromatic N) is 2. The second-order valence-corrected chi connectivity index (χ2v) is 7.00. The van der Waals surface area contributed by atoms with E-state index in [2.05, 4.69) is 14.9 Å². The number of aryl methyl sites for hydroxylation is 1. The van der Waals surface area contributed by atoms with Gasteiger partial charge < -0.3 is 19.5 Å². The van der Waals surface area contributed by atoms with Gasteiger partial charge in [-0.2, -0.15) is 0 Å². The molecule has 26 heavy (non-hydrogen) atoms. The normalized spacial score (nSPS) is 19.7. The van der Waals surface area contributed by atoms with Crippen LogP contribution in [0.4, 0.5) is 0 Å². The number of hydrogen-bond donors (Lipinski definition) is 1. The van der Waals surface area contributed by atoms with Crippen molar-refractivity contribution in [2.45, 2.75) is 44.8 Å². The summed E-state index contributed by atoms with van der Waals surface area (Å²) in [6.45, 7) is 1.80. The first kappa shape index (κ1) is 18.4. The predicted octanol–water partition coefficient (Wildman–Crippen LogP) is 2.98. The molecule has 0 bridgehead atoms. The summed E-state index contributed by atoms with van der Waals surface area (Å²) in [6.07, 6.45) is 3.56. The maximum Gasteiger partial charge on any atom is 0.265 e. The van der Waals surface area contributed by atoms with Crippen LogP contribution >= 0.6 is 11.5 Å². The van der Waals surface area contributed by atoms with Crippen molar-refractivity contribution in [3.63, 3.8) is 0 Å². The number of benzene rings is 1. The summed E-state index contributed by atoms with van der Waals surface area (Å²) in [6, 6.07) is 5.76. The molecule has 1 fully saturated rings. The summed E-state index contributed by atoms with van der Waals surface area (Å²) < 4.78 is 20.7. The van der Waals surface area contributed by atoms with Crippen LogP contribution in [0.1, 0.15) is 41.0 Å². The Kier molecular flexibility index (Phi) is 5.92. The van der Waals surface area contributed by atoms with Gasteiger partial charge in [-0.3, -0.25) is 4.79 Å². The van der Waals surface area contributed by atoms with E-state index in [-0.39, 0.29) is 18.1 Å². The van der Waals surface area contributed by atoms with Crippen LogP contribution in [0, 0.1) is 6.92 Å². The molecule has 0 spiro atoms. The third kappa shape index (κ3) is 4.07. The van der Waals surface area contributed by atoms with Gasteiger partial charge in [0.25, 0.3) is 5.91 Å². The lowest BCUT2D eigenvalue weighted by Gasteiger charge is -2.30. The third-order valence-electron chi connectivity index (χ3n) is 4.53. The van der Waals surface area contributed by atoms with E-state index in [0.29, 0.717) is 27.8 Å². The Morgan fingerprint density at radius 1 is 1.15 bits per heavy atom. The maximum absolute atomic E-state index is 12.3. The average Bonchev–Trinajstić information content (AvgIpc) is 3.09. The molecule has 1 aromatic heterocycles. The molecular formula is C18H23N3O4S. The molecule has 0 aliphatic heterocycles. The SMILES string of the molecule is COc1cccc(OC2CCC(NC(=O)c3snnc3C)CC2)c1OC. The minimum absolute atomic E-state index is 0.0867. The fourth-order valence-electron chi connectivity index (χ4n) is 3.15. The van der Waals surface area contributed by atoms with E-state index >= 15 is 0 Å². The van der Waals surface area contributed by atoms with Gasteiger partial charge in [0.15, 0.2) is 11.5 Å². The van der Waals surface area contributed by atoms with Gasteiger partial charge in [-0.25, -0.2) is 0 Å². The lowest BCUT2D eigenvalue weighted by molar-refractivity contribution is 0.0894. The highest BCUT2D eigenvalue weighted by Gasteiger charge is 2.26. The zero-order chi connectivity index (χ0) is 18.5. The molecule has 8 heteroatoms. The molecule has 1 amide bonds. The Labute approximate surface area is 156 Å². The molecule has 1 saturated carbocycles. The Bertz CT molecular complexity index is 757. The van der Waals surface area contributed by atoms with Crippen molar-refractivity contribution in [1.29, 1.82) is 0 Å². The van der Waals surface area contributed by atoms with Gasteiger partial charge in [0.1, 0.15) is 4.88 Å². The molecule has 140 valence electrons. The number of carbonyl (C=O) groups is 1. The van der Waals surface area contributed by atoms with Crippen molar-refractivity contribution >= 4 is 17.4 Å². The average molecular weight is 377 g/mol. The monoisotopic (exact) mass is 377 g/mol. The zero-order valence-electron chi connectivity index (χ0n) is 15.2. The number of aromatic nitrogens is 2. The fourth-order valence-corrected chi connectivity index (χ4v) is 3.71. The number of nitrogens with one attached hydrogen (secondary N) is 1. The number of amides is 1. The molecule has 1 aliphatic rings. The topological polar surface area (TPSA) is 82.6 Å². The molecule has 1 N–H and O–H groups in total. The number of hydrogen-bond acceptors (Lipinski definition) is 7. The molecule has 1 aliphatic carbocycles. The van der Waals surface area contributed by atoms with Crippen molar-refractivity contribution in [2.75, 3.05) is 14.2 Å². The van der Waals surface area contributed by atoms with Gasteiger partial charge in [0, 0.05) is 6.04 Å². The Morgan fingerprint density at radius 3 is 2.50 bits per heavy atom. The second-order valence-electron chi connectivity index (χ2n) is 6.24. The van der Waals surface area contributed by atoms with Crippen LogP contribution in [0.5, 0.6) is 17.2 Å². The molecule has 0 unspecified atom stereocenters. The summed E-state index contributed by atoms with van der Waals surface area (Å²) in [5, 5.41) is 6.96. The molecule has 0 saturated heterocycles. The Morgan fingerprint density at radius 2 is 1.88 bits per heavy atom. The molecule has 3 rings (SSSR count). The lowest BCUT2D eigenvalue weighted by Crippen LogP contribution is -2.39. The standard InChI is InChI=1S/C18H23N3O4S/c1-11-17(26-21-20-11)18(22)19-12-7-9-13(10-8-12)25-15-6-4-5-14(23-2)16(15)24-3/h4-6,12-13H,7-10H2,1-3H3,(H,19,22). The third-order valence-corrected chi connectivity index (χ3v) is 5.35. The van der Waals surface area contributed by atoms with E-state index in [1.165, 1.54) is 0 Å². The van der Waals surface area contributed by atoms with Crippen LogP contribution < -0.4 is 19.5 Å². The van der Waals surface area contributed by atoms with Crippen molar-refractivity contribution in [3.8, 4) is 17.2 Å². The number of rotatable bonds is 6. The molecule has 7 nitrogen and oxygen atoms in total. The van der Waals surface area contributed by atoms with E-state index in [1.54, 1.807) is 21.1 Å². The molecule has 1 aromatic carbocycles. The largest absolute Gasteiger partial charge is 0.493 e. The van der Waals surface area contributed by atoms with Crippen molar-refractivity contribution in [1.82, 2.24) is 14.9 Å². The van der Waals surface area contributed by atoms with Gasteiger partial charge in [0.2, 0.25) is 5.75 Å². The van der Waals surface area contributed by atoms with E-state index in [4.69, 9.17) is 14.2 Å². The molecule has 0 atom stereocenters. The first-order valence-electron chi connectivity index (χ1n) is 8.59. The first-order chi connectivity index (χ1) is 12.6. The van der Waals surface area contributed by atoms with Crippen LogP contribution in [0.3, 0.4) is 0 Å². The van der Waals surface area contributed by atoms with Gasteiger partial charge in [-0.1, -0.05) is 10.6 Å². The van der Waals surface area contributed by atoms with E-state index in [1.807, 2.05) is 18.2 Å². The maximum atomic E-state index is 12.3. The predicted molar refractivity (Wildman–Crippen MR) is 98.3 cm³/mol. The summed E-state index contributed by atoms with van der Waals surface area (Å²) in [5.41, 5.74) is 0.676. The Balaban J connectivity index is 1.54. The minimum atomic E-state index is -0.0867. The summed E-state index contributed by atoms with van der Waals surface area (Å²) in [7, 11) is 3.21. The van der Waals surface area contributed by atoms with Crippen molar-refractivity contribution in [2.24, 2.45) is 0 Å². The Hall–Kier alpha value is -2.35. The summed E-state index contributed by atoms with van der Waals surface area (Å²) >= 11 is 1.13. The van der Waals surface area contributed by atoms with Gasteiger partial charge in [-0.15, -0.1) is 5.10 Å². The van der Waals surface area contributed by atoms with E-state index < -0.39 is 0 Å². The highest BCUT2D eigenvalue weighted by Crippen LogP contribution is 2.38. The number of para-hydroxylation sites is 1. The van der Waals surface area contributed by atoms with Crippen molar-refractivity contribution < 1.29 is 19.0 Å². The highest BCUT2D eigenvalue weighted by molar-refractivity contribution is 7.08. The lowest BCUT2D eigenvalue weighted by atomic mass is 9.93. The molecule has 2 aromatic rings. The summed E-state index contributed by atoms with van der Waals surface area (Å²) in [4.78, 5) is 12.9. The van der Waals surface area contributed by atoms with E-state index in [0.717, 1.165) is 37.2 Å². The number of ether oxygens (including phenoxy) is 3. The van der Waals surface area contributed by atoms with Crippen LogP contribution in [-0.4, -0.2) is 41.9 Å².